The van der Waals surface area contributed by atoms with E-state index in [2.05, 4.69) is 35.2 Å². The first-order valence-corrected chi connectivity index (χ1v) is 8.36. The summed E-state index contributed by atoms with van der Waals surface area (Å²) >= 11 is 0. The molecule has 1 saturated carbocycles. The van der Waals surface area contributed by atoms with Crippen molar-refractivity contribution >= 4 is 5.91 Å². The predicted molar refractivity (Wildman–Crippen MR) is 86.3 cm³/mol. The molecule has 1 unspecified atom stereocenters. The Morgan fingerprint density at radius 1 is 1.23 bits per heavy atom. The third-order valence-corrected chi connectivity index (χ3v) is 5.42. The number of rotatable bonds is 4. The molecule has 0 bridgehead atoms. The molecule has 22 heavy (non-hydrogen) atoms. The monoisotopic (exact) mass is 302 g/mol. The highest BCUT2D eigenvalue weighted by atomic mass is 16.3. The highest BCUT2D eigenvalue weighted by Gasteiger charge is 2.41. The zero-order chi connectivity index (χ0) is 15.6. The summed E-state index contributed by atoms with van der Waals surface area (Å²) in [5.74, 6) is 0.788. The molecule has 2 fully saturated rings. The van der Waals surface area contributed by atoms with E-state index in [1.54, 1.807) is 0 Å². The van der Waals surface area contributed by atoms with Crippen LogP contribution in [0.25, 0.3) is 0 Å². The van der Waals surface area contributed by atoms with Gasteiger partial charge in [-0.1, -0.05) is 30.3 Å². The van der Waals surface area contributed by atoms with Crippen molar-refractivity contribution in [3.8, 4) is 0 Å². The molecule has 120 valence electrons. The quantitative estimate of drug-likeness (QED) is 0.892. The number of nitrogens with zero attached hydrogens (tertiary/aromatic N) is 1. The van der Waals surface area contributed by atoms with Crippen LogP contribution in [0.15, 0.2) is 30.3 Å². The normalized spacial score (nSPS) is 33.0. The van der Waals surface area contributed by atoms with Gasteiger partial charge < -0.3 is 10.8 Å². The SMILES string of the molecule is NC(=O)C1(O)CCN(CC2CCC(c3ccccc3)CC2)C1. The fourth-order valence-electron chi connectivity index (χ4n) is 4.00. The molecule has 1 saturated heterocycles. The molecular formula is C18H26N2O2. The lowest BCUT2D eigenvalue weighted by atomic mass is 9.78. The van der Waals surface area contributed by atoms with Crippen molar-refractivity contribution in [1.29, 1.82) is 0 Å². The largest absolute Gasteiger partial charge is 0.379 e. The van der Waals surface area contributed by atoms with Gasteiger partial charge in [0.15, 0.2) is 5.60 Å². The van der Waals surface area contributed by atoms with Gasteiger partial charge in [-0.2, -0.15) is 0 Å². The maximum atomic E-state index is 11.3. The van der Waals surface area contributed by atoms with Gasteiger partial charge in [-0.3, -0.25) is 9.69 Å². The molecule has 1 aromatic rings. The number of carbonyl (C=O) groups excluding carboxylic acids is 1. The smallest absolute Gasteiger partial charge is 0.250 e. The second kappa shape index (κ2) is 6.39. The van der Waals surface area contributed by atoms with Crippen molar-refractivity contribution < 1.29 is 9.90 Å². The summed E-state index contributed by atoms with van der Waals surface area (Å²) < 4.78 is 0. The number of β-amino-alcohol motifs (C(OH)–C–C–N with tert-alkyl or cyclic N) is 1. The van der Waals surface area contributed by atoms with Gasteiger partial charge in [0.05, 0.1) is 0 Å². The van der Waals surface area contributed by atoms with E-state index in [0.29, 0.717) is 24.8 Å². The van der Waals surface area contributed by atoms with Gasteiger partial charge in [0.2, 0.25) is 0 Å². The predicted octanol–water partition coefficient (Wildman–Crippen LogP) is 1.88. The van der Waals surface area contributed by atoms with Crippen LogP contribution in [0.5, 0.6) is 0 Å². The average Bonchev–Trinajstić information content (AvgIpc) is 2.92. The van der Waals surface area contributed by atoms with Crippen LogP contribution in [0, 0.1) is 5.92 Å². The Labute approximate surface area is 132 Å². The molecule has 1 aliphatic heterocycles. The van der Waals surface area contributed by atoms with Crippen LogP contribution >= 0.6 is 0 Å². The van der Waals surface area contributed by atoms with Gasteiger partial charge in [-0.05, 0) is 49.5 Å². The number of primary amides is 1. The average molecular weight is 302 g/mol. The zero-order valence-corrected chi connectivity index (χ0v) is 13.1. The van der Waals surface area contributed by atoms with Crippen LogP contribution in [0.4, 0.5) is 0 Å². The Morgan fingerprint density at radius 3 is 2.50 bits per heavy atom. The first-order chi connectivity index (χ1) is 10.6. The number of likely N-dealkylation sites (tertiary alicyclic amines) is 1. The lowest BCUT2D eigenvalue weighted by Crippen LogP contribution is -2.46. The Bertz CT molecular complexity index is 511. The van der Waals surface area contributed by atoms with Crippen molar-refractivity contribution in [2.24, 2.45) is 11.7 Å². The van der Waals surface area contributed by atoms with Crippen molar-refractivity contribution in [3.63, 3.8) is 0 Å². The van der Waals surface area contributed by atoms with Gasteiger partial charge in [0.1, 0.15) is 0 Å². The highest BCUT2D eigenvalue weighted by Crippen LogP contribution is 2.36. The van der Waals surface area contributed by atoms with Gasteiger partial charge >= 0.3 is 0 Å². The van der Waals surface area contributed by atoms with Gasteiger partial charge in [0, 0.05) is 19.6 Å². The second-order valence-electron chi connectivity index (χ2n) is 7.01. The first-order valence-electron chi connectivity index (χ1n) is 8.36. The number of amides is 1. The molecule has 1 aromatic carbocycles. The third kappa shape index (κ3) is 3.33. The molecule has 0 aromatic heterocycles. The summed E-state index contributed by atoms with van der Waals surface area (Å²) in [5.41, 5.74) is 5.45. The maximum Gasteiger partial charge on any atom is 0.250 e. The lowest BCUT2D eigenvalue weighted by Gasteiger charge is -2.31. The van der Waals surface area contributed by atoms with Crippen LogP contribution in [0.3, 0.4) is 0 Å². The summed E-state index contributed by atoms with van der Waals surface area (Å²) in [7, 11) is 0. The van der Waals surface area contributed by atoms with Gasteiger partial charge in [-0.15, -0.1) is 0 Å². The van der Waals surface area contributed by atoms with E-state index in [9.17, 15) is 9.90 Å². The van der Waals surface area contributed by atoms with Crippen molar-refractivity contribution in [1.82, 2.24) is 4.90 Å². The van der Waals surface area contributed by atoms with Gasteiger partial charge in [-0.25, -0.2) is 0 Å². The summed E-state index contributed by atoms with van der Waals surface area (Å²) in [5, 5.41) is 10.1. The van der Waals surface area contributed by atoms with Crippen molar-refractivity contribution in [2.75, 3.05) is 19.6 Å². The molecule has 0 spiro atoms. The molecular weight excluding hydrogens is 276 g/mol. The van der Waals surface area contributed by atoms with Gasteiger partial charge in [0.25, 0.3) is 5.91 Å². The number of hydrogen-bond acceptors (Lipinski definition) is 3. The van der Waals surface area contributed by atoms with E-state index in [4.69, 9.17) is 5.73 Å². The van der Waals surface area contributed by atoms with Crippen LogP contribution < -0.4 is 5.73 Å². The molecule has 1 heterocycles. The summed E-state index contributed by atoms with van der Waals surface area (Å²) in [6, 6.07) is 10.8. The minimum absolute atomic E-state index is 0.404. The molecule has 4 nitrogen and oxygen atoms in total. The summed E-state index contributed by atoms with van der Waals surface area (Å²) in [6.45, 7) is 2.16. The van der Waals surface area contributed by atoms with Crippen LogP contribution in [0.2, 0.25) is 0 Å². The first kappa shape index (κ1) is 15.5. The molecule has 3 rings (SSSR count). The standard InChI is InChI=1S/C18H26N2O2/c19-17(21)18(22)10-11-20(13-18)12-14-6-8-16(9-7-14)15-4-2-1-3-5-15/h1-5,14,16,22H,6-13H2,(H2,19,21). The Kier molecular flexibility index (Phi) is 4.50. The molecule has 1 aliphatic carbocycles. The molecule has 1 atom stereocenters. The Balaban J connectivity index is 1.48. The van der Waals surface area contributed by atoms with Crippen LogP contribution in [-0.4, -0.2) is 41.1 Å². The van der Waals surface area contributed by atoms with E-state index in [-0.39, 0.29) is 0 Å². The molecule has 0 radical (unpaired) electrons. The second-order valence-corrected chi connectivity index (χ2v) is 7.01. The Morgan fingerprint density at radius 2 is 1.91 bits per heavy atom. The lowest BCUT2D eigenvalue weighted by molar-refractivity contribution is -0.135. The van der Waals surface area contributed by atoms with Crippen LogP contribution in [0.1, 0.15) is 43.6 Å². The highest BCUT2D eigenvalue weighted by molar-refractivity contribution is 5.83. The zero-order valence-electron chi connectivity index (χ0n) is 13.1. The van der Waals surface area contributed by atoms with E-state index >= 15 is 0 Å². The van der Waals surface area contributed by atoms with E-state index in [0.717, 1.165) is 13.1 Å². The summed E-state index contributed by atoms with van der Waals surface area (Å²) in [6.07, 6.45) is 5.41. The molecule has 3 N–H and O–H groups in total. The third-order valence-electron chi connectivity index (χ3n) is 5.42. The number of aliphatic hydroxyl groups is 1. The van der Waals surface area contributed by atoms with E-state index in [1.807, 2.05) is 0 Å². The van der Waals surface area contributed by atoms with Crippen molar-refractivity contribution in [2.45, 2.75) is 43.6 Å². The van der Waals surface area contributed by atoms with E-state index in [1.165, 1.54) is 31.2 Å². The topological polar surface area (TPSA) is 66.6 Å². The molecule has 1 amide bonds. The minimum atomic E-state index is -1.30. The molecule has 2 aliphatic rings. The number of hydrogen-bond donors (Lipinski definition) is 2. The number of carbonyl (C=O) groups is 1. The fourth-order valence-corrected chi connectivity index (χ4v) is 4.00. The van der Waals surface area contributed by atoms with Crippen molar-refractivity contribution in [3.05, 3.63) is 35.9 Å². The molecule has 4 heteroatoms. The van der Waals surface area contributed by atoms with E-state index < -0.39 is 11.5 Å². The van der Waals surface area contributed by atoms with Crippen LogP contribution in [-0.2, 0) is 4.79 Å². The summed E-state index contributed by atoms with van der Waals surface area (Å²) in [4.78, 5) is 13.5. The number of benzene rings is 1. The number of nitrogens with two attached hydrogens (primary N) is 1. The Hall–Kier alpha value is -1.39. The maximum absolute atomic E-state index is 11.3. The fraction of sp³-hybridized carbons (Fsp3) is 0.611. The minimum Gasteiger partial charge on any atom is -0.379 e.